The van der Waals surface area contributed by atoms with Crippen molar-refractivity contribution in [1.82, 2.24) is 4.98 Å². The van der Waals surface area contributed by atoms with Crippen LogP contribution in [0.5, 0.6) is 0 Å². The van der Waals surface area contributed by atoms with E-state index in [1.165, 1.54) is 5.56 Å². The second-order valence-electron chi connectivity index (χ2n) is 3.48. The van der Waals surface area contributed by atoms with Crippen LogP contribution in [0.15, 0.2) is 36.5 Å². The van der Waals surface area contributed by atoms with Crippen LogP contribution in [-0.4, -0.2) is 4.98 Å². The van der Waals surface area contributed by atoms with Crippen LogP contribution >= 0.6 is 0 Å². The minimum Gasteiger partial charge on any atom is -0.383 e. The fraction of sp³-hybridized carbons (Fsp3) is 0.267. The standard InChI is InChI=1S/C13H12N.C2H6.Y/c1-10-3-6-12(7-4-10)13-8-5-11(2)9-14-13;1-2;/h3-4,6-9H,1-2H3;1-2H3;/q-1;;. The molecule has 2 aromatic rings. The van der Waals surface area contributed by atoms with E-state index < -0.39 is 0 Å². The zero-order valence-corrected chi connectivity index (χ0v) is 13.8. The summed E-state index contributed by atoms with van der Waals surface area (Å²) in [6.07, 6.45) is 1.84. The molecule has 0 saturated carbocycles. The molecule has 0 atom stereocenters. The van der Waals surface area contributed by atoms with Gasteiger partial charge in [-0.2, -0.15) is 12.1 Å². The Balaban J connectivity index is 0.000000811. The van der Waals surface area contributed by atoms with Crippen LogP contribution in [0, 0.1) is 19.9 Å². The first-order valence-corrected chi connectivity index (χ1v) is 5.67. The van der Waals surface area contributed by atoms with Crippen molar-refractivity contribution in [2.45, 2.75) is 27.7 Å². The zero-order valence-electron chi connectivity index (χ0n) is 11.0. The number of aryl methyl sites for hydroxylation is 2. The van der Waals surface area contributed by atoms with Crippen molar-refractivity contribution in [2.24, 2.45) is 0 Å². The summed E-state index contributed by atoms with van der Waals surface area (Å²) in [4.78, 5) is 4.35. The summed E-state index contributed by atoms with van der Waals surface area (Å²) < 4.78 is 0. The molecule has 0 fully saturated rings. The Morgan fingerprint density at radius 1 is 1.00 bits per heavy atom. The van der Waals surface area contributed by atoms with Crippen molar-refractivity contribution in [3.8, 4) is 11.3 Å². The molecule has 0 N–H and O–H groups in total. The second kappa shape index (κ2) is 8.55. The van der Waals surface area contributed by atoms with Gasteiger partial charge in [0.2, 0.25) is 0 Å². The van der Waals surface area contributed by atoms with Crippen LogP contribution in [0.1, 0.15) is 25.0 Å². The predicted octanol–water partition coefficient (Wildman–Crippen LogP) is 4.19. The van der Waals surface area contributed by atoms with Crippen molar-refractivity contribution < 1.29 is 32.7 Å². The van der Waals surface area contributed by atoms with Crippen LogP contribution in [0.4, 0.5) is 0 Å². The number of aromatic nitrogens is 1. The first kappa shape index (κ1) is 16.5. The number of hydrogen-bond donors (Lipinski definition) is 0. The van der Waals surface area contributed by atoms with E-state index in [0.717, 1.165) is 16.8 Å². The molecule has 0 aliphatic heterocycles. The van der Waals surface area contributed by atoms with E-state index in [-0.39, 0.29) is 32.7 Å². The second-order valence-corrected chi connectivity index (χ2v) is 3.48. The van der Waals surface area contributed by atoms with Crippen LogP contribution in [-0.2, 0) is 32.7 Å². The molecule has 0 saturated heterocycles. The summed E-state index contributed by atoms with van der Waals surface area (Å²) >= 11 is 0. The van der Waals surface area contributed by atoms with E-state index in [2.05, 4.69) is 42.2 Å². The van der Waals surface area contributed by atoms with Crippen LogP contribution in [0.3, 0.4) is 0 Å². The molecule has 87 valence electrons. The quantitative estimate of drug-likeness (QED) is 0.720. The molecule has 1 nitrogen and oxygen atoms in total. The molecule has 1 heterocycles. The summed E-state index contributed by atoms with van der Waals surface area (Å²) in [6.45, 7) is 8.07. The summed E-state index contributed by atoms with van der Waals surface area (Å²) in [5, 5.41) is 0. The number of pyridine rings is 1. The SMILES string of the molecule is CC.Cc1[c-]cc(-c2ccc(C)cc2)nc1.[Y]. The van der Waals surface area contributed by atoms with Gasteiger partial charge in [-0.05, 0) is 12.6 Å². The first-order valence-electron chi connectivity index (χ1n) is 5.67. The molecule has 0 bridgehead atoms. The Labute approximate surface area is 130 Å². The normalized spacial score (nSPS) is 8.71. The molecule has 2 heteroatoms. The van der Waals surface area contributed by atoms with E-state index >= 15 is 0 Å². The minimum absolute atomic E-state index is 0. The Morgan fingerprint density at radius 3 is 2.06 bits per heavy atom. The van der Waals surface area contributed by atoms with Gasteiger partial charge in [-0.3, -0.25) is 0 Å². The largest absolute Gasteiger partial charge is 0.383 e. The summed E-state index contributed by atoms with van der Waals surface area (Å²) in [5.41, 5.74) is 4.47. The Bertz CT molecular complexity index is 374. The van der Waals surface area contributed by atoms with Crippen molar-refractivity contribution in [2.75, 3.05) is 0 Å². The van der Waals surface area contributed by atoms with E-state index in [1.54, 1.807) is 0 Å². The molecule has 1 aromatic heterocycles. The van der Waals surface area contributed by atoms with Gasteiger partial charge in [0.15, 0.2) is 0 Å². The number of benzene rings is 1. The van der Waals surface area contributed by atoms with Gasteiger partial charge >= 0.3 is 0 Å². The average molecular weight is 301 g/mol. The monoisotopic (exact) mass is 301 g/mol. The maximum Gasteiger partial charge on any atom is 0 e. The average Bonchev–Trinajstić information content (AvgIpc) is 2.34. The van der Waals surface area contributed by atoms with Gasteiger partial charge in [0.05, 0.1) is 0 Å². The van der Waals surface area contributed by atoms with E-state index in [4.69, 9.17) is 0 Å². The molecule has 1 aromatic carbocycles. The number of hydrogen-bond acceptors (Lipinski definition) is 1. The number of nitrogens with zero attached hydrogens (tertiary/aromatic N) is 1. The zero-order chi connectivity index (χ0) is 12.0. The fourth-order valence-electron chi connectivity index (χ4n) is 1.31. The summed E-state index contributed by atoms with van der Waals surface area (Å²) in [5.74, 6) is 0. The fourth-order valence-corrected chi connectivity index (χ4v) is 1.31. The van der Waals surface area contributed by atoms with Crippen molar-refractivity contribution in [3.05, 3.63) is 53.7 Å². The maximum atomic E-state index is 4.35. The van der Waals surface area contributed by atoms with E-state index in [1.807, 2.05) is 33.0 Å². The Morgan fingerprint density at radius 2 is 1.59 bits per heavy atom. The molecular formula is C15H18NY-. The molecule has 1 radical (unpaired) electrons. The van der Waals surface area contributed by atoms with Gasteiger partial charge in [-0.15, -0.1) is 5.56 Å². The number of rotatable bonds is 1. The first-order chi connectivity index (χ1) is 7.75. The smallest absolute Gasteiger partial charge is 0 e. The summed E-state index contributed by atoms with van der Waals surface area (Å²) in [6, 6.07) is 13.4. The van der Waals surface area contributed by atoms with Crippen molar-refractivity contribution in [1.29, 1.82) is 0 Å². The maximum absolute atomic E-state index is 4.35. The van der Waals surface area contributed by atoms with Crippen molar-refractivity contribution in [3.63, 3.8) is 0 Å². The molecular weight excluding hydrogens is 283 g/mol. The Kier molecular flexibility index (Phi) is 8.28. The molecule has 0 amide bonds. The van der Waals surface area contributed by atoms with Crippen molar-refractivity contribution >= 4 is 0 Å². The van der Waals surface area contributed by atoms with Crippen LogP contribution < -0.4 is 0 Å². The van der Waals surface area contributed by atoms with Gasteiger partial charge in [0.1, 0.15) is 0 Å². The minimum atomic E-state index is 0. The molecule has 0 spiro atoms. The third-order valence-electron chi connectivity index (χ3n) is 2.18. The third-order valence-corrected chi connectivity index (χ3v) is 2.18. The molecule has 0 aliphatic rings. The van der Waals surface area contributed by atoms with Gasteiger partial charge in [-0.1, -0.05) is 62.4 Å². The van der Waals surface area contributed by atoms with Gasteiger partial charge < -0.3 is 4.98 Å². The topological polar surface area (TPSA) is 12.9 Å². The van der Waals surface area contributed by atoms with E-state index in [0.29, 0.717) is 0 Å². The molecule has 0 unspecified atom stereocenters. The van der Waals surface area contributed by atoms with Gasteiger partial charge in [-0.25, -0.2) is 0 Å². The van der Waals surface area contributed by atoms with Gasteiger partial charge in [0, 0.05) is 32.7 Å². The predicted molar refractivity (Wildman–Crippen MR) is 69.3 cm³/mol. The van der Waals surface area contributed by atoms with Crippen LogP contribution in [0.2, 0.25) is 0 Å². The molecule has 2 rings (SSSR count). The summed E-state index contributed by atoms with van der Waals surface area (Å²) in [7, 11) is 0. The van der Waals surface area contributed by atoms with E-state index in [9.17, 15) is 0 Å². The van der Waals surface area contributed by atoms with Gasteiger partial charge in [0.25, 0.3) is 0 Å². The third kappa shape index (κ3) is 5.10. The molecule has 0 aliphatic carbocycles. The molecule has 17 heavy (non-hydrogen) atoms. The Hall–Kier alpha value is -0.526. The van der Waals surface area contributed by atoms with Crippen LogP contribution in [0.25, 0.3) is 11.3 Å².